The first-order valence-corrected chi connectivity index (χ1v) is 25.9. The number of allylic oxidation sites excluding steroid dienone is 17. The molecule has 0 fully saturated rings. The van der Waals surface area contributed by atoms with E-state index in [0.717, 1.165) is 109 Å². The van der Waals surface area contributed by atoms with E-state index in [0.29, 0.717) is 12.8 Å². The van der Waals surface area contributed by atoms with Crippen molar-refractivity contribution in [2.45, 2.75) is 226 Å². The summed E-state index contributed by atoms with van der Waals surface area (Å²) in [7, 11) is 0. The minimum absolute atomic E-state index is 0.124. The Morgan fingerprint density at radius 2 is 0.672 bits per heavy atom. The molecule has 0 rings (SSSR count). The van der Waals surface area contributed by atoms with Gasteiger partial charge in [0.1, 0.15) is 13.2 Å². The fourth-order valence-electron chi connectivity index (χ4n) is 6.70. The average Bonchev–Trinajstić information content (AvgIpc) is 3.29. The van der Waals surface area contributed by atoms with Gasteiger partial charge in [-0.05, 0) is 103 Å². The standard InChI is InChI=1S/C58H94O6/c1-4-7-10-13-16-19-21-23-25-27-29-31-32-34-36-39-42-45-48-51-57(60)63-54-55(53-62-56(59)50-47-44-41-38-18-15-12-9-6-3)64-58(61)52-49-46-43-40-37-35-33-30-28-26-24-22-20-17-14-11-8-5-2/h7,9-10,12,16,18-19,23,25,29-31,33-34,36,38,44,47,55H,4-6,8,11,13-15,17,20-22,24,26-28,32,35,37,39-43,45-46,48-54H2,1-3H3/b10-7-,12-9-,19-16-,25-23-,31-29-,33-30-,36-34-,38-18-,47-44-. The highest BCUT2D eigenvalue weighted by atomic mass is 16.6. The van der Waals surface area contributed by atoms with Crippen LogP contribution < -0.4 is 0 Å². The van der Waals surface area contributed by atoms with Crippen LogP contribution in [0.4, 0.5) is 0 Å². The number of esters is 3. The third-order valence-corrected chi connectivity index (χ3v) is 10.5. The van der Waals surface area contributed by atoms with Gasteiger partial charge < -0.3 is 14.2 Å². The highest BCUT2D eigenvalue weighted by molar-refractivity contribution is 5.72. The number of hydrogen-bond acceptors (Lipinski definition) is 6. The van der Waals surface area contributed by atoms with E-state index in [9.17, 15) is 14.4 Å². The lowest BCUT2D eigenvalue weighted by molar-refractivity contribution is -0.166. The lowest BCUT2D eigenvalue weighted by Gasteiger charge is -2.18. The van der Waals surface area contributed by atoms with E-state index in [2.05, 4.69) is 118 Å². The second kappa shape index (κ2) is 51.7. The molecule has 0 aromatic carbocycles. The molecule has 6 heteroatoms. The molecule has 0 aliphatic heterocycles. The van der Waals surface area contributed by atoms with E-state index in [-0.39, 0.29) is 31.6 Å². The van der Waals surface area contributed by atoms with Crippen LogP contribution in [0.5, 0.6) is 0 Å². The van der Waals surface area contributed by atoms with E-state index in [1.54, 1.807) is 6.08 Å². The van der Waals surface area contributed by atoms with Crippen molar-refractivity contribution >= 4 is 17.9 Å². The Morgan fingerprint density at radius 3 is 1.12 bits per heavy atom. The van der Waals surface area contributed by atoms with E-state index in [1.807, 2.05) is 6.08 Å². The highest BCUT2D eigenvalue weighted by Crippen LogP contribution is 2.13. The maximum Gasteiger partial charge on any atom is 0.309 e. The van der Waals surface area contributed by atoms with E-state index < -0.39 is 12.1 Å². The number of rotatable bonds is 45. The number of carbonyl (C=O) groups is 3. The van der Waals surface area contributed by atoms with Crippen molar-refractivity contribution in [3.05, 3.63) is 109 Å². The summed E-state index contributed by atoms with van der Waals surface area (Å²) in [5, 5.41) is 0. The van der Waals surface area contributed by atoms with Crippen molar-refractivity contribution in [2.75, 3.05) is 13.2 Å². The molecule has 0 amide bonds. The van der Waals surface area contributed by atoms with Gasteiger partial charge in [-0.3, -0.25) is 14.4 Å². The first-order valence-electron chi connectivity index (χ1n) is 25.9. The van der Waals surface area contributed by atoms with Crippen molar-refractivity contribution in [1.29, 1.82) is 0 Å². The molecule has 0 saturated carbocycles. The molecule has 0 aliphatic rings. The van der Waals surface area contributed by atoms with Gasteiger partial charge in [0, 0.05) is 12.8 Å². The topological polar surface area (TPSA) is 78.9 Å². The van der Waals surface area contributed by atoms with Crippen LogP contribution in [0.2, 0.25) is 0 Å². The average molecular weight is 887 g/mol. The van der Waals surface area contributed by atoms with Crippen molar-refractivity contribution in [1.82, 2.24) is 0 Å². The molecule has 0 bridgehead atoms. The number of ether oxygens (including phenoxy) is 3. The summed E-state index contributed by atoms with van der Waals surface area (Å²) in [5.74, 6) is -1.10. The molecule has 0 spiro atoms. The molecular weight excluding hydrogens is 793 g/mol. The Bertz CT molecular complexity index is 1340. The number of unbranched alkanes of at least 4 members (excludes halogenated alkanes) is 17. The molecule has 0 radical (unpaired) electrons. The lowest BCUT2D eigenvalue weighted by Crippen LogP contribution is -2.30. The summed E-state index contributed by atoms with van der Waals surface area (Å²) in [6.45, 7) is 6.26. The zero-order valence-electron chi connectivity index (χ0n) is 41.3. The first-order chi connectivity index (χ1) is 31.5. The fraction of sp³-hybridized carbons (Fsp3) is 0.638. The molecule has 0 aromatic rings. The van der Waals surface area contributed by atoms with Crippen LogP contribution >= 0.6 is 0 Å². The summed E-state index contributed by atoms with van der Waals surface area (Å²) in [5.41, 5.74) is 0. The Hall–Kier alpha value is -3.93. The minimum Gasteiger partial charge on any atom is -0.462 e. The van der Waals surface area contributed by atoms with Crippen LogP contribution in [0.1, 0.15) is 220 Å². The summed E-state index contributed by atoms with van der Waals surface area (Å²) in [4.78, 5) is 37.8. The van der Waals surface area contributed by atoms with Crippen LogP contribution in [0, 0.1) is 0 Å². The molecule has 362 valence electrons. The van der Waals surface area contributed by atoms with Gasteiger partial charge in [0.05, 0.1) is 6.42 Å². The molecule has 1 atom stereocenters. The highest BCUT2D eigenvalue weighted by Gasteiger charge is 2.19. The van der Waals surface area contributed by atoms with Gasteiger partial charge in [0.25, 0.3) is 0 Å². The zero-order valence-corrected chi connectivity index (χ0v) is 41.3. The van der Waals surface area contributed by atoms with Gasteiger partial charge in [-0.2, -0.15) is 0 Å². The number of hydrogen-bond donors (Lipinski definition) is 0. The van der Waals surface area contributed by atoms with Crippen molar-refractivity contribution < 1.29 is 28.6 Å². The smallest absolute Gasteiger partial charge is 0.309 e. The van der Waals surface area contributed by atoms with Crippen LogP contribution in [0.3, 0.4) is 0 Å². The predicted octanol–water partition coefficient (Wildman–Crippen LogP) is 17.1. The molecule has 0 aromatic heterocycles. The SMILES string of the molecule is CC/C=C\C/C=C\C/C=C\C/C=C\C/C=C\CCCCCC(=O)OCC(COC(=O)C/C=C\C/C=C\C/C=C\CC)OC(=O)CCCCCCC/C=C\CCCCCCCCCCC. The minimum atomic E-state index is -0.832. The van der Waals surface area contributed by atoms with Crippen LogP contribution in [-0.4, -0.2) is 37.2 Å². The normalized spacial score (nSPS) is 13.0. The maximum absolute atomic E-state index is 12.8. The largest absolute Gasteiger partial charge is 0.462 e. The second-order valence-electron chi connectivity index (χ2n) is 16.7. The fourth-order valence-corrected chi connectivity index (χ4v) is 6.70. The summed E-state index contributed by atoms with van der Waals surface area (Å²) >= 11 is 0. The molecular formula is C58H94O6. The molecule has 0 heterocycles. The molecule has 6 nitrogen and oxygen atoms in total. The summed E-state index contributed by atoms with van der Waals surface area (Å²) < 4.78 is 16.6. The second-order valence-corrected chi connectivity index (χ2v) is 16.7. The third kappa shape index (κ3) is 49.1. The maximum atomic E-state index is 12.8. The molecule has 64 heavy (non-hydrogen) atoms. The third-order valence-electron chi connectivity index (χ3n) is 10.5. The molecule has 0 N–H and O–H groups in total. The van der Waals surface area contributed by atoms with Gasteiger partial charge in [-0.15, -0.1) is 0 Å². The van der Waals surface area contributed by atoms with Crippen LogP contribution in [0.25, 0.3) is 0 Å². The van der Waals surface area contributed by atoms with Crippen molar-refractivity contribution in [3.8, 4) is 0 Å². The Kier molecular flexibility index (Phi) is 48.5. The zero-order chi connectivity index (χ0) is 46.5. The summed E-state index contributed by atoms with van der Waals surface area (Å²) in [6, 6.07) is 0. The summed E-state index contributed by atoms with van der Waals surface area (Å²) in [6.07, 6.45) is 69.7. The van der Waals surface area contributed by atoms with Crippen molar-refractivity contribution in [2.24, 2.45) is 0 Å². The van der Waals surface area contributed by atoms with E-state index in [1.165, 1.54) is 70.6 Å². The van der Waals surface area contributed by atoms with Gasteiger partial charge in [0.15, 0.2) is 6.10 Å². The Labute approximate surface area is 393 Å². The number of carbonyl (C=O) groups excluding carboxylic acids is 3. The van der Waals surface area contributed by atoms with E-state index in [4.69, 9.17) is 14.2 Å². The first kappa shape index (κ1) is 60.1. The monoisotopic (exact) mass is 887 g/mol. The van der Waals surface area contributed by atoms with Crippen LogP contribution in [-0.2, 0) is 28.6 Å². The van der Waals surface area contributed by atoms with Gasteiger partial charge in [0.2, 0.25) is 0 Å². The van der Waals surface area contributed by atoms with E-state index >= 15 is 0 Å². The van der Waals surface area contributed by atoms with Gasteiger partial charge in [-0.25, -0.2) is 0 Å². The van der Waals surface area contributed by atoms with Crippen molar-refractivity contribution in [3.63, 3.8) is 0 Å². The predicted molar refractivity (Wildman–Crippen MR) is 274 cm³/mol. The Morgan fingerprint density at radius 1 is 0.344 bits per heavy atom. The lowest BCUT2D eigenvalue weighted by atomic mass is 10.1. The van der Waals surface area contributed by atoms with Gasteiger partial charge in [-0.1, -0.05) is 207 Å². The quantitative estimate of drug-likeness (QED) is 0.0262. The Balaban J connectivity index is 4.45. The molecule has 1 unspecified atom stereocenters. The van der Waals surface area contributed by atoms with Crippen LogP contribution in [0.15, 0.2) is 109 Å². The molecule has 0 aliphatic carbocycles. The van der Waals surface area contributed by atoms with Gasteiger partial charge >= 0.3 is 17.9 Å². The molecule has 0 saturated heterocycles.